The number of rotatable bonds is 3. The first-order chi connectivity index (χ1) is 7.18. The minimum absolute atomic E-state index is 0.0590. The van der Waals surface area contributed by atoms with Gasteiger partial charge in [0.15, 0.2) is 0 Å². The van der Waals surface area contributed by atoms with Crippen LogP contribution in [0.1, 0.15) is 17.7 Å². The molecule has 15 heavy (non-hydrogen) atoms. The van der Waals surface area contributed by atoms with Crippen LogP contribution in [0.2, 0.25) is 0 Å². The molecule has 2 heterocycles. The molecule has 0 radical (unpaired) electrons. The quantitative estimate of drug-likeness (QED) is 0.773. The van der Waals surface area contributed by atoms with Gasteiger partial charge in [-0.05, 0) is 0 Å². The highest BCUT2D eigenvalue weighted by molar-refractivity contribution is 5.19. The summed E-state index contributed by atoms with van der Waals surface area (Å²) in [6, 6.07) is 0. The molecule has 0 spiro atoms. The number of H-pyrrole nitrogens is 1. The van der Waals surface area contributed by atoms with Crippen molar-refractivity contribution < 1.29 is 8.78 Å². The van der Waals surface area contributed by atoms with Crippen LogP contribution < -0.4 is 10.9 Å². The Morgan fingerprint density at radius 1 is 1.47 bits per heavy atom. The second-order valence-corrected chi connectivity index (χ2v) is 3.63. The van der Waals surface area contributed by atoms with Crippen LogP contribution in [0.25, 0.3) is 0 Å². The molecule has 2 N–H and O–H groups in total. The molecule has 0 aliphatic carbocycles. The fraction of sp³-hybridized carbons (Fsp3) is 0.667. The van der Waals surface area contributed by atoms with Gasteiger partial charge in [0.2, 0.25) is 6.43 Å². The van der Waals surface area contributed by atoms with Crippen LogP contribution in [0.5, 0.6) is 0 Å². The summed E-state index contributed by atoms with van der Waals surface area (Å²) >= 11 is 0. The number of alkyl halides is 2. The van der Waals surface area contributed by atoms with Crippen molar-refractivity contribution in [1.29, 1.82) is 0 Å². The molecule has 1 aliphatic heterocycles. The van der Waals surface area contributed by atoms with Crippen LogP contribution in [0, 0.1) is 0 Å². The summed E-state index contributed by atoms with van der Waals surface area (Å²) < 4.78 is 25.3. The topological polar surface area (TPSA) is 49.8 Å². The lowest BCUT2D eigenvalue weighted by Gasteiger charge is -2.09. The highest BCUT2D eigenvalue weighted by Gasteiger charge is 2.17. The van der Waals surface area contributed by atoms with E-state index in [0.29, 0.717) is 12.1 Å². The summed E-state index contributed by atoms with van der Waals surface area (Å²) in [5.74, 6) is 0. The number of aryl methyl sites for hydroxylation is 1. The van der Waals surface area contributed by atoms with Gasteiger partial charge >= 0.3 is 0 Å². The predicted molar refractivity (Wildman–Crippen MR) is 51.1 cm³/mol. The summed E-state index contributed by atoms with van der Waals surface area (Å²) in [5, 5.41) is 5.97. The normalized spacial score (nSPS) is 15.7. The molecule has 1 aliphatic rings. The Hall–Kier alpha value is -1.17. The van der Waals surface area contributed by atoms with Gasteiger partial charge < -0.3 is 5.32 Å². The summed E-state index contributed by atoms with van der Waals surface area (Å²) in [7, 11) is 0. The van der Waals surface area contributed by atoms with Crippen LogP contribution in [0.3, 0.4) is 0 Å². The van der Waals surface area contributed by atoms with Crippen molar-refractivity contribution in [2.45, 2.75) is 32.4 Å². The maximum absolute atomic E-state index is 12.0. The van der Waals surface area contributed by atoms with Crippen molar-refractivity contribution in [1.82, 2.24) is 15.1 Å². The zero-order valence-electron chi connectivity index (χ0n) is 8.22. The molecule has 0 unspecified atom stereocenters. The molecular formula is C9H13F2N3O. The zero-order chi connectivity index (χ0) is 10.8. The number of halogens is 2. The number of aromatic nitrogens is 2. The van der Waals surface area contributed by atoms with E-state index in [1.54, 1.807) is 0 Å². The van der Waals surface area contributed by atoms with Gasteiger partial charge in [-0.3, -0.25) is 14.6 Å². The third-order valence-electron chi connectivity index (χ3n) is 2.56. The van der Waals surface area contributed by atoms with Gasteiger partial charge in [-0.25, -0.2) is 8.78 Å². The molecule has 84 valence electrons. The lowest BCUT2D eigenvalue weighted by molar-refractivity contribution is 0.129. The van der Waals surface area contributed by atoms with Crippen molar-refractivity contribution in [3.05, 3.63) is 21.6 Å². The molecule has 2 rings (SSSR count). The van der Waals surface area contributed by atoms with E-state index in [0.717, 1.165) is 18.7 Å². The van der Waals surface area contributed by atoms with E-state index in [1.165, 1.54) is 4.68 Å². The molecule has 0 fully saturated rings. The summed E-state index contributed by atoms with van der Waals surface area (Å²) in [6.45, 7) is 1.41. The Balaban J connectivity index is 2.18. The minimum atomic E-state index is -2.37. The van der Waals surface area contributed by atoms with Crippen LogP contribution in [0.4, 0.5) is 8.78 Å². The average molecular weight is 217 g/mol. The third kappa shape index (κ3) is 2.09. The second-order valence-electron chi connectivity index (χ2n) is 3.63. The van der Waals surface area contributed by atoms with E-state index in [9.17, 15) is 13.6 Å². The summed E-state index contributed by atoms with van der Waals surface area (Å²) in [5.41, 5.74) is 1.40. The Labute approximate surface area is 85.3 Å². The number of hydrogen-bond donors (Lipinski definition) is 2. The molecule has 6 heteroatoms. The number of fused-ring (bicyclic) bond motifs is 1. The second kappa shape index (κ2) is 4.14. The fourth-order valence-electron chi connectivity index (χ4n) is 1.77. The molecule has 0 aromatic carbocycles. The molecule has 0 saturated carbocycles. The van der Waals surface area contributed by atoms with Crippen LogP contribution in [-0.4, -0.2) is 22.8 Å². The van der Waals surface area contributed by atoms with Crippen molar-refractivity contribution in [3.8, 4) is 0 Å². The molecule has 1 aromatic rings. The number of nitrogens with zero attached hydrogens (tertiary/aromatic N) is 1. The van der Waals surface area contributed by atoms with Gasteiger partial charge in [-0.15, -0.1) is 0 Å². The van der Waals surface area contributed by atoms with Gasteiger partial charge in [0.1, 0.15) is 0 Å². The van der Waals surface area contributed by atoms with E-state index < -0.39 is 6.43 Å². The van der Waals surface area contributed by atoms with E-state index in [-0.39, 0.29) is 18.5 Å². The van der Waals surface area contributed by atoms with Crippen molar-refractivity contribution >= 4 is 0 Å². The first kappa shape index (κ1) is 10.4. The maximum atomic E-state index is 12.0. The fourth-order valence-corrected chi connectivity index (χ4v) is 1.77. The molecular weight excluding hydrogens is 204 g/mol. The summed E-state index contributed by atoms with van der Waals surface area (Å²) in [4.78, 5) is 11.7. The van der Waals surface area contributed by atoms with Crippen molar-refractivity contribution in [2.24, 2.45) is 0 Å². The highest BCUT2D eigenvalue weighted by Crippen LogP contribution is 2.07. The molecule has 0 amide bonds. The predicted octanol–water partition coefficient (Wildman–Crippen LogP) is 0.477. The highest BCUT2D eigenvalue weighted by atomic mass is 19.3. The number of aromatic amines is 1. The van der Waals surface area contributed by atoms with E-state index in [4.69, 9.17) is 0 Å². The van der Waals surface area contributed by atoms with E-state index >= 15 is 0 Å². The van der Waals surface area contributed by atoms with Crippen LogP contribution >= 0.6 is 0 Å². The van der Waals surface area contributed by atoms with Gasteiger partial charge in [-0.2, -0.15) is 0 Å². The zero-order valence-corrected chi connectivity index (χ0v) is 8.22. The van der Waals surface area contributed by atoms with Gasteiger partial charge in [0.05, 0.1) is 5.56 Å². The molecule has 1 aromatic heterocycles. The average Bonchev–Trinajstić information content (AvgIpc) is 2.54. The molecule has 4 nitrogen and oxygen atoms in total. The lowest BCUT2D eigenvalue weighted by Crippen LogP contribution is -2.27. The largest absolute Gasteiger partial charge is 0.312 e. The Kier molecular flexibility index (Phi) is 2.86. The molecule has 0 bridgehead atoms. The van der Waals surface area contributed by atoms with E-state index in [1.807, 2.05) is 0 Å². The smallest absolute Gasteiger partial charge is 0.271 e. The van der Waals surface area contributed by atoms with Crippen molar-refractivity contribution in [2.75, 3.05) is 6.54 Å². The standard InChI is InChI=1S/C9H13F2N3O/c10-8(11)2-4-14-9(15)6-5-12-3-1-7(6)13-14/h8,12-13H,1-5H2. The van der Waals surface area contributed by atoms with Crippen molar-refractivity contribution in [3.63, 3.8) is 0 Å². The monoisotopic (exact) mass is 217 g/mol. The van der Waals surface area contributed by atoms with Crippen LogP contribution in [-0.2, 0) is 19.5 Å². The molecule has 0 saturated heterocycles. The van der Waals surface area contributed by atoms with Crippen LogP contribution in [0.15, 0.2) is 4.79 Å². The minimum Gasteiger partial charge on any atom is -0.312 e. The summed E-state index contributed by atoms with van der Waals surface area (Å²) in [6.07, 6.45) is -1.89. The Bertz CT molecular complexity index is 397. The van der Waals surface area contributed by atoms with Gasteiger partial charge in [0, 0.05) is 38.2 Å². The molecule has 0 atom stereocenters. The van der Waals surface area contributed by atoms with Gasteiger partial charge in [0.25, 0.3) is 5.56 Å². The first-order valence-electron chi connectivity index (χ1n) is 4.98. The SMILES string of the molecule is O=c1c2c([nH]n1CCC(F)F)CCNC2. The maximum Gasteiger partial charge on any atom is 0.271 e. The Morgan fingerprint density at radius 3 is 2.93 bits per heavy atom. The van der Waals surface area contributed by atoms with Gasteiger partial charge in [-0.1, -0.05) is 0 Å². The lowest BCUT2D eigenvalue weighted by atomic mass is 10.1. The number of hydrogen-bond acceptors (Lipinski definition) is 2. The number of nitrogens with one attached hydrogen (secondary N) is 2. The first-order valence-corrected chi connectivity index (χ1v) is 4.98. The Morgan fingerprint density at radius 2 is 2.27 bits per heavy atom. The van der Waals surface area contributed by atoms with E-state index in [2.05, 4.69) is 10.4 Å². The third-order valence-corrected chi connectivity index (χ3v) is 2.56.